The molecule has 94 valence electrons. The van der Waals surface area contributed by atoms with Gasteiger partial charge in [0.15, 0.2) is 11.6 Å². The number of hydrogen-bond donors (Lipinski definition) is 0. The second kappa shape index (κ2) is 5.72. The Morgan fingerprint density at radius 3 is 2.67 bits per heavy atom. The number of alkyl halides is 1. The van der Waals surface area contributed by atoms with Gasteiger partial charge in [0.2, 0.25) is 0 Å². The van der Waals surface area contributed by atoms with E-state index in [4.69, 9.17) is 16.3 Å². The highest BCUT2D eigenvalue weighted by molar-refractivity contribution is 9.10. The third kappa shape index (κ3) is 3.03. The van der Waals surface area contributed by atoms with Crippen molar-refractivity contribution in [1.29, 1.82) is 0 Å². The van der Waals surface area contributed by atoms with Crippen LogP contribution in [0, 0.1) is 12.7 Å². The smallest absolute Gasteiger partial charge is 0.165 e. The summed E-state index contributed by atoms with van der Waals surface area (Å²) in [5.41, 5.74) is 1.87. The molecule has 2 aromatic rings. The molecular formula is C14H11BrClFO. The van der Waals surface area contributed by atoms with Crippen molar-refractivity contribution < 1.29 is 9.13 Å². The van der Waals surface area contributed by atoms with Crippen molar-refractivity contribution in [2.45, 2.75) is 12.8 Å². The van der Waals surface area contributed by atoms with E-state index in [0.717, 1.165) is 15.6 Å². The summed E-state index contributed by atoms with van der Waals surface area (Å²) in [6.07, 6.45) is 0. The van der Waals surface area contributed by atoms with Crippen LogP contribution in [0.15, 0.2) is 40.9 Å². The van der Waals surface area contributed by atoms with E-state index in [-0.39, 0.29) is 5.75 Å². The maximum atomic E-state index is 13.6. The summed E-state index contributed by atoms with van der Waals surface area (Å²) in [7, 11) is 0. The van der Waals surface area contributed by atoms with E-state index in [0.29, 0.717) is 11.6 Å². The second-order valence-electron chi connectivity index (χ2n) is 3.91. The third-order valence-electron chi connectivity index (χ3n) is 2.52. The predicted octanol–water partition coefficient (Wildman–Crippen LogP) is 5.43. The van der Waals surface area contributed by atoms with Crippen molar-refractivity contribution in [2.75, 3.05) is 0 Å². The van der Waals surface area contributed by atoms with Gasteiger partial charge in [0.25, 0.3) is 0 Å². The Labute approximate surface area is 119 Å². The number of ether oxygens (including phenoxy) is 1. The van der Waals surface area contributed by atoms with Crippen molar-refractivity contribution in [3.8, 4) is 11.5 Å². The zero-order chi connectivity index (χ0) is 13.1. The molecular weight excluding hydrogens is 319 g/mol. The minimum Gasteiger partial charge on any atom is -0.454 e. The zero-order valence-corrected chi connectivity index (χ0v) is 12.1. The number of halogens is 3. The molecule has 0 aliphatic rings. The lowest BCUT2D eigenvalue weighted by molar-refractivity contribution is 0.439. The molecule has 1 nitrogen and oxygen atoms in total. The molecule has 0 unspecified atom stereocenters. The van der Waals surface area contributed by atoms with Crippen LogP contribution in [0.3, 0.4) is 0 Å². The van der Waals surface area contributed by atoms with Crippen molar-refractivity contribution in [2.24, 2.45) is 0 Å². The van der Waals surface area contributed by atoms with Crippen LogP contribution in [-0.2, 0) is 5.88 Å². The fourth-order valence-electron chi connectivity index (χ4n) is 1.51. The van der Waals surface area contributed by atoms with Crippen LogP contribution >= 0.6 is 27.5 Å². The van der Waals surface area contributed by atoms with Gasteiger partial charge in [-0.1, -0.05) is 28.1 Å². The summed E-state index contributed by atoms with van der Waals surface area (Å²) >= 11 is 9.06. The number of hydrogen-bond acceptors (Lipinski definition) is 1. The lowest BCUT2D eigenvalue weighted by Gasteiger charge is -2.11. The molecule has 4 heteroatoms. The lowest BCUT2D eigenvalue weighted by Crippen LogP contribution is -1.92. The third-order valence-corrected chi connectivity index (χ3v) is 3.32. The van der Waals surface area contributed by atoms with E-state index < -0.39 is 5.82 Å². The van der Waals surface area contributed by atoms with Crippen LogP contribution < -0.4 is 4.74 Å². The molecule has 0 saturated heterocycles. The van der Waals surface area contributed by atoms with Gasteiger partial charge < -0.3 is 4.74 Å². The first-order valence-corrected chi connectivity index (χ1v) is 6.71. The molecule has 0 bridgehead atoms. The molecule has 0 radical (unpaired) electrons. The molecule has 2 rings (SSSR count). The van der Waals surface area contributed by atoms with Crippen molar-refractivity contribution >= 4 is 27.5 Å². The van der Waals surface area contributed by atoms with Gasteiger partial charge in [-0.25, -0.2) is 4.39 Å². The fraction of sp³-hybridized carbons (Fsp3) is 0.143. The van der Waals surface area contributed by atoms with Crippen molar-refractivity contribution in [3.63, 3.8) is 0 Å². The SMILES string of the molecule is Cc1ccc(CCl)cc1Oc1cc(Br)ccc1F. The van der Waals surface area contributed by atoms with E-state index in [2.05, 4.69) is 15.9 Å². The highest BCUT2D eigenvalue weighted by Gasteiger charge is 2.08. The van der Waals surface area contributed by atoms with Gasteiger partial charge in [0, 0.05) is 10.4 Å². The van der Waals surface area contributed by atoms with Gasteiger partial charge in [-0.3, -0.25) is 0 Å². The summed E-state index contributed by atoms with van der Waals surface area (Å²) in [4.78, 5) is 0. The summed E-state index contributed by atoms with van der Waals surface area (Å²) < 4.78 is 20.0. The van der Waals surface area contributed by atoms with Gasteiger partial charge in [-0.2, -0.15) is 0 Å². The zero-order valence-electron chi connectivity index (χ0n) is 9.71. The Morgan fingerprint density at radius 1 is 1.17 bits per heavy atom. The molecule has 0 fully saturated rings. The molecule has 0 spiro atoms. The van der Waals surface area contributed by atoms with E-state index in [1.54, 1.807) is 12.1 Å². The molecule has 2 aromatic carbocycles. The first-order chi connectivity index (χ1) is 8.60. The largest absolute Gasteiger partial charge is 0.454 e. The number of rotatable bonds is 3. The summed E-state index contributed by atoms with van der Waals surface area (Å²) in [6.45, 7) is 1.91. The summed E-state index contributed by atoms with van der Waals surface area (Å²) in [5.74, 6) is 0.815. The average Bonchev–Trinajstić information content (AvgIpc) is 2.36. The van der Waals surface area contributed by atoms with Crippen LogP contribution in [0.1, 0.15) is 11.1 Å². The summed E-state index contributed by atoms with van der Waals surface area (Å²) in [5, 5.41) is 0. The molecule has 0 N–H and O–H groups in total. The highest BCUT2D eigenvalue weighted by atomic mass is 79.9. The number of aryl methyl sites for hydroxylation is 1. The van der Waals surface area contributed by atoms with Crippen LogP contribution in [0.25, 0.3) is 0 Å². The number of benzene rings is 2. The quantitative estimate of drug-likeness (QED) is 0.682. The Balaban J connectivity index is 2.36. The van der Waals surface area contributed by atoms with E-state index in [1.165, 1.54) is 6.07 Å². The van der Waals surface area contributed by atoms with E-state index >= 15 is 0 Å². The van der Waals surface area contributed by atoms with Gasteiger partial charge in [-0.15, -0.1) is 11.6 Å². The van der Waals surface area contributed by atoms with Crippen LogP contribution in [0.5, 0.6) is 11.5 Å². The molecule has 0 amide bonds. The van der Waals surface area contributed by atoms with Crippen molar-refractivity contribution in [1.82, 2.24) is 0 Å². The maximum Gasteiger partial charge on any atom is 0.165 e. The first kappa shape index (κ1) is 13.4. The molecule has 0 aliphatic carbocycles. The highest BCUT2D eigenvalue weighted by Crippen LogP contribution is 2.30. The molecule has 0 aliphatic heterocycles. The van der Waals surface area contributed by atoms with Gasteiger partial charge in [0.1, 0.15) is 5.75 Å². The summed E-state index contributed by atoms with van der Waals surface area (Å²) in [6, 6.07) is 10.2. The van der Waals surface area contributed by atoms with Crippen LogP contribution in [-0.4, -0.2) is 0 Å². The predicted molar refractivity (Wildman–Crippen MR) is 74.9 cm³/mol. The topological polar surface area (TPSA) is 9.23 Å². The molecule has 0 atom stereocenters. The normalized spacial score (nSPS) is 10.4. The van der Waals surface area contributed by atoms with Crippen LogP contribution in [0.4, 0.5) is 4.39 Å². The lowest BCUT2D eigenvalue weighted by atomic mass is 10.1. The van der Waals surface area contributed by atoms with E-state index in [9.17, 15) is 4.39 Å². The van der Waals surface area contributed by atoms with Crippen molar-refractivity contribution in [3.05, 3.63) is 57.8 Å². The first-order valence-electron chi connectivity index (χ1n) is 5.38. The Hall–Kier alpha value is -1.06. The molecule has 0 aromatic heterocycles. The van der Waals surface area contributed by atoms with Gasteiger partial charge >= 0.3 is 0 Å². The van der Waals surface area contributed by atoms with Gasteiger partial charge in [0.05, 0.1) is 0 Å². The average molecular weight is 330 g/mol. The Kier molecular flexibility index (Phi) is 4.25. The minimum absolute atomic E-state index is 0.194. The van der Waals surface area contributed by atoms with Gasteiger partial charge in [-0.05, 0) is 42.3 Å². The molecule has 0 saturated carbocycles. The molecule has 18 heavy (non-hydrogen) atoms. The minimum atomic E-state index is -0.395. The van der Waals surface area contributed by atoms with E-state index in [1.807, 2.05) is 25.1 Å². The van der Waals surface area contributed by atoms with Crippen LogP contribution in [0.2, 0.25) is 0 Å². The second-order valence-corrected chi connectivity index (χ2v) is 5.09. The Morgan fingerprint density at radius 2 is 1.94 bits per heavy atom. The fourth-order valence-corrected chi connectivity index (χ4v) is 2.02. The standard InChI is InChI=1S/C14H11BrClFO/c1-9-2-3-10(8-16)6-13(9)18-14-7-11(15)4-5-12(14)17/h2-7H,8H2,1H3. The molecule has 0 heterocycles. The monoisotopic (exact) mass is 328 g/mol. The Bertz CT molecular complexity index is 572. The maximum absolute atomic E-state index is 13.6.